The summed E-state index contributed by atoms with van der Waals surface area (Å²) in [5, 5.41) is 3.21. The van der Waals surface area contributed by atoms with Crippen LogP contribution in [0.5, 0.6) is 11.5 Å². The highest BCUT2D eigenvalue weighted by Gasteiger charge is 2.33. The quantitative estimate of drug-likeness (QED) is 0.853. The van der Waals surface area contributed by atoms with Crippen molar-refractivity contribution in [3.63, 3.8) is 0 Å². The minimum atomic E-state index is -0.00324. The largest absolute Gasteiger partial charge is 0.486 e. The van der Waals surface area contributed by atoms with Crippen molar-refractivity contribution in [2.24, 2.45) is 5.92 Å². The van der Waals surface area contributed by atoms with Gasteiger partial charge < -0.3 is 14.8 Å². The molecule has 2 aromatic rings. The Balaban J connectivity index is 1.32. The molecular formula is C22H26N2O3. The molecule has 1 N–H and O–H groups in total. The first-order valence-corrected chi connectivity index (χ1v) is 9.69. The minimum absolute atomic E-state index is 0.00324. The SMILES string of the molecule is CCC(NC(=O)C1CN(Cc2ccccc2)C1)c1ccc2c(c1)OCCO2. The van der Waals surface area contributed by atoms with E-state index in [1.807, 2.05) is 24.3 Å². The summed E-state index contributed by atoms with van der Waals surface area (Å²) in [4.78, 5) is 15.0. The van der Waals surface area contributed by atoms with E-state index in [-0.39, 0.29) is 17.9 Å². The number of carbonyl (C=O) groups is 1. The minimum Gasteiger partial charge on any atom is -0.486 e. The molecule has 1 amide bonds. The van der Waals surface area contributed by atoms with Gasteiger partial charge in [0, 0.05) is 19.6 Å². The van der Waals surface area contributed by atoms with Crippen molar-refractivity contribution in [3.05, 3.63) is 59.7 Å². The Kier molecular flexibility index (Phi) is 5.30. The summed E-state index contributed by atoms with van der Waals surface area (Å²) in [6.07, 6.45) is 0.839. The topological polar surface area (TPSA) is 50.8 Å². The van der Waals surface area contributed by atoms with Gasteiger partial charge in [0.1, 0.15) is 13.2 Å². The van der Waals surface area contributed by atoms with Gasteiger partial charge in [0.25, 0.3) is 0 Å². The van der Waals surface area contributed by atoms with E-state index in [1.54, 1.807) is 0 Å². The Labute approximate surface area is 160 Å². The van der Waals surface area contributed by atoms with Gasteiger partial charge in [-0.15, -0.1) is 0 Å². The van der Waals surface area contributed by atoms with Crippen LogP contribution in [0.15, 0.2) is 48.5 Å². The third-order valence-electron chi connectivity index (χ3n) is 5.27. The van der Waals surface area contributed by atoms with Crippen molar-refractivity contribution in [2.75, 3.05) is 26.3 Å². The highest BCUT2D eigenvalue weighted by atomic mass is 16.6. The van der Waals surface area contributed by atoms with Crippen molar-refractivity contribution in [3.8, 4) is 11.5 Å². The molecule has 5 heteroatoms. The lowest BCUT2D eigenvalue weighted by Gasteiger charge is -2.39. The van der Waals surface area contributed by atoms with E-state index in [2.05, 4.69) is 41.4 Å². The van der Waals surface area contributed by atoms with Crippen LogP contribution in [0, 0.1) is 5.92 Å². The Morgan fingerprint density at radius 1 is 1.11 bits per heavy atom. The molecule has 1 atom stereocenters. The van der Waals surface area contributed by atoms with Gasteiger partial charge >= 0.3 is 0 Å². The Bertz CT molecular complexity index is 787. The predicted octanol–water partition coefficient (Wildman–Crippen LogP) is 3.16. The highest BCUT2D eigenvalue weighted by molar-refractivity contribution is 5.80. The van der Waals surface area contributed by atoms with E-state index in [0.29, 0.717) is 13.2 Å². The molecule has 4 rings (SSSR count). The normalized spacial score (nSPS) is 17.8. The predicted molar refractivity (Wildman–Crippen MR) is 104 cm³/mol. The molecule has 0 aliphatic carbocycles. The number of nitrogens with one attached hydrogen (secondary N) is 1. The molecule has 2 aliphatic rings. The zero-order valence-corrected chi connectivity index (χ0v) is 15.7. The molecule has 1 unspecified atom stereocenters. The molecule has 1 saturated heterocycles. The zero-order chi connectivity index (χ0) is 18.6. The smallest absolute Gasteiger partial charge is 0.226 e. The van der Waals surface area contributed by atoms with Crippen LogP contribution in [0.1, 0.15) is 30.5 Å². The molecule has 2 aromatic carbocycles. The second-order valence-corrected chi connectivity index (χ2v) is 7.25. The molecule has 2 aliphatic heterocycles. The summed E-state index contributed by atoms with van der Waals surface area (Å²) in [6.45, 7) is 5.78. The van der Waals surface area contributed by atoms with E-state index in [0.717, 1.165) is 43.1 Å². The lowest BCUT2D eigenvalue weighted by Crippen LogP contribution is -2.53. The third-order valence-corrected chi connectivity index (χ3v) is 5.27. The molecule has 0 radical (unpaired) electrons. The summed E-state index contributed by atoms with van der Waals surface area (Å²) < 4.78 is 11.3. The summed E-state index contributed by atoms with van der Waals surface area (Å²) in [7, 11) is 0. The molecule has 0 aromatic heterocycles. The molecule has 5 nitrogen and oxygen atoms in total. The lowest BCUT2D eigenvalue weighted by atomic mass is 9.96. The maximum atomic E-state index is 12.7. The van der Waals surface area contributed by atoms with Crippen molar-refractivity contribution < 1.29 is 14.3 Å². The Morgan fingerprint density at radius 2 is 1.85 bits per heavy atom. The molecule has 0 saturated carbocycles. The molecular weight excluding hydrogens is 340 g/mol. The van der Waals surface area contributed by atoms with E-state index >= 15 is 0 Å². The number of benzene rings is 2. The monoisotopic (exact) mass is 366 g/mol. The van der Waals surface area contributed by atoms with Gasteiger partial charge in [-0.25, -0.2) is 0 Å². The van der Waals surface area contributed by atoms with Gasteiger partial charge in [-0.2, -0.15) is 0 Å². The molecule has 0 spiro atoms. The van der Waals surface area contributed by atoms with Crippen LogP contribution in [0.3, 0.4) is 0 Å². The van der Waals surface area contributed by atoms with Crippen LogP contribution < -0.4 is 14.8 Å². The number of rotatable bonds is 6. The number of hydrogen-bond donors (Lipinski definition) is 1. The van der Waals surface area contributed by atoms with Crippen LogP contribution in [0.2, 0.25) is 0 Å². The van der Waals surface area contributed by atoms with Crippen molar-refractivity contribution in [1.29, 1.82) is 0 Å². The van der Waals surface area contributed by atoms with E-state index in [1.165, 1.54) is 5.56 Å². The second kappa shape index (κ2) is 8.01. The first kappa shape index (κ1) is 17.9. The third kappa shape index (κ3) is 4.08. The number of carbonyl (C=O) groups excluding carboxylic acids is 1. The fraction of sp³-hybridized carbons (Fsp3) is 0.409. The molecule has 1 fully saturated rings. The zero-order valence-electron chi connectivity index (χ0n) is 15.7. The first-order chi connectivity index (χ1) is 13.2. The first-order valence-electron chi connectivity index (χ1n) is 9.69. The summed E-state index contributed by atoms with van der Waals surface area (Å²) in [6, 6.07) is 16.3. The van der Waals surface area contributed by atoms with E-state index < -0.39 is 0 Å². The average molecular weight is 366 g/mol. The maximum absolute atomic E-state index is 12.7. The van der Waals surface area contributed by atoms with Gasteiger partial charge in [-0.1, -0.05) is 43.3 Å². The van der Waals surface area contributed by atoms with Gasteiger partial charge in [-0.3, -0.25) is 9.69 Å². The number of fused-ring (bicyclic) bond motifs is 1. The van der Waals surface area contributed by atoms with E-state index in [4.69, 9.17) is 9.47 Å². The van der Waals surface area contributed by atoms with Gasteiger partial charge in [0.15, 0.2) is 11.5 Å². The summed E-state index contributed by atoms with van der Waals surface area (Å²) in [5.74, 6) is 1.76. The van der Waals surface area contributed by atoms with E-state index in [9.17, 15) is 4.79 Å². The fourth-order valence-corrected chi connectivity index (χ4v) is 3.69. The number of nitrogens with zero attached hydrogens (tertiary/aromatic N) is 1. The standard InChI is InChI=1S/C22H26N2O3/c1-2-19(17-8-9-20-21(12-17)27-11-10-26-20)23-22(25)18-14-24(15-18)13-16-6-4-3-5-7-16/h3-9,12,18-19H,2,10-11,13-15H2,1H3,(H,23,25). The van der Waals surface area contributed by atoms with Gasteiger partial charge in [-0.05, 0) is 29.7 Å². The van der Waals surface area contributed by atoms with Crippen LogP contribution in [0.4, 0.5) is 0 Å². The molecule has 142 valence electrons. The molecule has 27 heavy (non-hydrogen) atoms. The van der Waals surface area contributed by atoms with Crippen LogP contribution >= 0.6 is 0 Å². The molecule has 2 heterocycles. The number of ether oxygens (including phenoxy) is 2. The average Bonchev–Trinajstić information content (AvgIpc) is 2.68. The van der Waals surface area contributed by atoms with Gasteiger partial charge in [0.2, 0.25) is 5.91 Å². The summed E-state index contributed by atoms with van der Waals surface area (Å²) in [5.41, 5.74) is 2.36. The van der Waals surface area contributed by atoms with Gasteiger partial charge in [0.05, 0.1) is 12.0 Å². The maximum Gasteiger partial charge on any atom is 0.226 e. The Morgan fingerprint density at radius 3 is 2.59 bits per heavy atom. The number of likely N-dealkylation sites (tertiary alicyclic amines) is 1. The van der Waals surface area contributed by atoms with Crippen LogP contribution in [-0.4, -0.2) is 37.1 Å². The highest BCUT2D eigenvalue weighted by Crippen LogP contribution is 2.33. The van der Waals surface area contributed by atoms with Crippen molar-refractivity contribution >= 4 is 5.91 Å². The van der Waals surface area contributed by atoms with Crippen molar-refractivity contribution in [2.45, 2.75) is 25.9 Å². The fourth-order valence-electron chi connectivity index (χ4n) is 3.69. The number of amides is 1. The van der Waals surface area contributed by atoms with Crippen LogP contribution in [-0.2, 0) is 11.3 Å². The molecule has 0 bridgehead atoms. The number of hydrogen-bond acceptors (Lipinski definition) is 4. The Hall–Kier alpha value is -2.53. The summed E-state index contributed by atoms with van der Waals surface area (Å²) >= 11 is 0. The second-order valence-electron chi connectivity index (χ2n) is 7.25. The van der Waals surface area contributed by atoms with Crippen LogP contribution in [0.25, 0.3) is 0 Å². The van der Waals surface area contributed by atoms with Crippen molar-refractivity contribution in [1.82, 2.24) is 10.2 Å². The lowest BCUT2D eigenvalue weighted by molar-refractivity contribution is -0.131.